The Morgan fingerprint density at radius 1 is 1.16 bits per heavy atom. The third-order valence-corrected chi connectivity index (χ3v) is 6.13. The lowest BCUT2D eigenvalue weighted by Gasteiger charge is -2.35. The second-order valence-corrected chi connectivity index (χ2v) is 8.08. The van der Waals surface area contributed by atoms with Crippen molar-refractivity contribution in [1.82, 2.24) is 20.2 Å². The number of piperidine rings is 1. The fourth-order valence-corrected chi connectivity index (χ4v) is 4.55. The number of aryl methyl sites for hydroxylation is 1. The van der Waals surface area contributed by atoms with Crippen molar-refractivity contribution in [3.8, 4) is 0 Å². The van der Waals surface area contributed by atoms with Crippen molar-refractivity contribution in [1.29, 1.82) is 0 Å². The number of hydrogen-bond acceptors (Lipinski definition) is 2. The van der Waals surface area contributed by atoms with Crippen molar-refractivity contribution in [2.45, 2.75) is 63.8 Å². The first kappa shape index (κ1) is 16.8. The standard InChI is InChI=1S/C20H28N4S/c1-14-7-8-17-18(13-14)23-19(22-17)15-9-11-24(12-10-15)20(25)21-16-5-3-2-4-6-16/h7-8,13,15-16H,2-6,9-12H2,1H3,(H,21,25)(H,22,23). The molecule has 2 fully saturated rings. The van der Waals surface area contributed by atoms with Crippen LogP contribution in [-0.4, -0.2) is 39.1 Å². The molecule has 1 aliphatic carbocycles. The summed E-state index contributed by atoms with van der Waals surface area (Å²) < 4.78 is 0. The Hall–Kier alpha value is -1.62. The van der Waals surface area contributed by atoms with Gasteiger partial charge in [-0.25, -0.2) is 4.98 Å². The molecule has 0 amide bonds. The lowest BCUT2D eigenvalue weighted by molar-refractivity contribution is 0.296. The summed E-state index contributed by atoms with van der Waals surface area (Å²) in [6, 6.07) is 7.02. The van der Waals surface area contributed by atoms with Crippen molar-refractivity contribution >= 4 is 28.4 Å². The van der Waals surface area contributed by atoms with Crippen LogP contribution in [0, 0.1) is 6.92 Å². The number of hydrogen-bond donors (Lipinski definition) is 2. The van der Waals surface area contributed by atoms with Crippen LogP contribution >= 0.6 is 12.2 Å². The van der Waals surface area contributed by atoms with Gasteiger partial charge in [0.15, 0.2) is 5.11 Å². The van der Waals surface area contributed by atoms with Crippen molar-refractivity contribution in [3.63, 3.8) is 0 Å². The Morgan fingerprint density at radius 3 is 2.68 bits per heavy atom. The summed E-state index contributed by atoms with van der Waals surface area (Å²) in [5, 5.41) is 4.57. The van der Waals surface area contributed by atoms with Crippen molar-refractivity contribution < 1.29 is 0 Å². The van der Waals surface area contributed by atoms with E-state index < -0.39 is 0 Å². The molecule has 0 radical (unpaired) electrons. The van der Waals surface area contributed by atoms with Gasteiger partial charge in [0, 0.05) is 25.0 Å². The summed E-state index contributed by atoms with van der Waals surface area (Å²) in [5.74, 6) is 1.66. The summed E-state index contributed by atoms with van der Waals surface area (Å²) in [7, 11) is 0. The highest BCUT2D eigenvalue weighted by molar-refractivity contribution is 7.80. The number of aromatic amines is 1. The van der Waals surface area contributed by atoms with Crippen LogP contribution in [-0.2, 0) is 0 Å². The Bertz CT molecular complexity index is 739. The van der Waals surface area contributed by atoms with Gasteiger partial charge in [0.1, 0.15) is 5.82 Å². The molecule has 0 spiro atoms. The van der Waals surface area contributed by atoms with E-state index in [4.69, 9.17) is 17.2 Å². The number of fused-ring (bicyclic) bond motifs is 1. The Labute approximate surface area is 155 Å². The van der Waals surface area contributed by atoms with E-state index in [9.17, 15) is 0 Å². The molecule has 25 heavy (non-hydrogen) atoms. The van der Waals surface area contributed by atoms with E-state index in [1.165, 1.54) is 37.7 Å². The number of thiocarbonyl (C=S) groups is 1. The first-order valence-electron chi connectivity index (χ1n) is 9.71. The molecule has 1 saturated carbocycles. The van der Waals surface area contributed by atoms with E-state index >= 15 is 0 Å². The van der Waals surface area contributed by atoms with Crippen LogP contribution in [0.2, 0.25) is 0 Å². The average Bonchev–Trinajstić information content (AvgIpc) is 3.06. The molecule has 2 N–H and O–H groups in total. The first-order valence-corrected chi connectivity index (χ1v) is 10.1. The van der Waals surface area contributed by atoms with Crippen LogP contribution < -0.4 is 5.32 Å². The fourth-order valence-electron chi connectivity index (χ4n) is 4.21. The molecule has 1 saturated heterocycles. The molecule has 1 aromatic heterocycles. The normalized spacial score (nSPS) is 20.1. The molecular formula is C20H28N4S. The predicted molar refractivity (Wildman–Crippen MR) is 107 cm³/mol. The number of benzene rings is 1. The molecular weight excluding hydrogens is 328 g/mol. The van der Waals surface area contributed by atoms with Gasteiger partial charge in [0.25, 0.3) is 0 Å². The highest BCUT2D eigenvalue weighted by Crippen LogP contribution is 2.28. The number of imidazole rings is 1. The van der Waals surface area contributed by atoms with Crippen LogP contribution in [0.5, 0.6) is 0 Å². The third-order valence-electron chi connectivity index (χ3n) is 5.76. The molecule has 2 aromatic rings. The summed E-state index contributed by atoms with van der Waals surface area (Å²) in [6.45, 7) is 4.18. The van der Waals surface area contributed by atoms with Crippen LogP contribution in [0.1, 0.15) is 62.3 Å². The number of nitrogens with one attached hydrogen (secondary N) is 2. The molecule has 0 unspecified atom stereocenters. The molecule has 1 aliphatic heterocycles. The topological polar surface area (TPSA) is 44.0 Å². The average molecular weight is 357 g/mol. The predicted octanol–water partition coefficient (Wildman–Crippen LogP) is 4.26. The van der Waals surface area contributed by atoms with Gasteiger partial charge in [-0.1, -0.05) is 25.3 Å². The van der Waals surface area contributed by atoms with Crippen LogP contribution in [0.15, 0.2) is 18.2 Å². The smallest absolute Gasteiger partial charge is 0.169 e. The zero-order chi connectivity index (χ0) is 17.2. The minimum Gasteiger partial charge on any atom is -0.360 e. The van der Waals surface area contributed by atoms with Gasteiger partial charge in [-0.05, 0) is 62.5 Å². The maximum Gasteiger partial charge on any atom is 0.169 e. The molecule has 0 bridgehead atoms. The number of rotatable bonds is 2. The fraction of sp³-hybridized carbons (Fsp3) is 0.600. The van der Waals surface area contributed by atoms with Gasteiger partial charge in [-0.2, -0.15) is 0 Å². The Morgan fingerprint density at radius 2 is 1.92 bits per heavy atom. The Kier molecular flexibility index (Phi) is 4.93. The Balaban J connectivity index is 1.34. The molecule has 0 atom stereocenters. The van der Waals surface area contributed by atoms with Crippen LogP contribution in [0.25, 0.3) is 11.0 Å². The van der Waals surface area contributed by atoms with Gasteiger partial charge in [0.2, 0.25) is 0 Å². The van der Waals surface area contributed by atoms with Gasteiger partial charge >= 0.3 is 0 Å². The number of H-pyrrole nitrogens is 1. The summed E-state index contributed by atoms with van der Waals surface area (Å²) in [4.78, 5) is 10.7. The maximum atomic E-state index is 5.67. The largest absolute Gasteiger partial charge is 0.360 e. The summed E-state index contributed by atoms with van der Waals surface area (Å²) >= 11 is 5.67. The molecule has 2 heterocycles. The second-order valence-electron chi connectivity index (χ2n) is 7.69. The van der Waals surface area contributed by atoms with E-state index in [1.54, 1.807) is 0 Å². The summed E-state index contributed by atoms with van der Waals surface area (Å²) in [5.41, 5.74) is 3.51. The van der Waals surface area contributed by atoms with Gasteiger partial charge in [0.05, 0.1) is 11.0 Å². The van der Waals surface area contributed by atoms with Gasteiger partial charge in [-0.15, -0.1) is 0 Å². The van der Waals surface area contributed by atoms with Crippen molar-refractivity contribution in [2.75, 3.05) is 13.1 Å². The van der Waals surface area contributed by atoms with Gasteiger partial charge < -0.3 is 15.2 Å². The summed E-state index contributed by atoms with van der Waals surface area (Å²) in [6.07, 6.45) is 8.84. The van der Waals surface area contributed by atoms with Crippen LogP contribution in [0.3, 0.4) is 0 Å². The van der Waals surface area contributed by atoms with Crippen molar-refractivity contribution in [3.05, 3.63) is 29.6 Å². The molecule has 4 nitrogen and oxygen atoms in total. The van der Waals surface area contributed by atoms with E-state index in [-0.39, 0.29) is 0 Å². The lowest BCUT2D eigenvalue weighted by Crippen LogP contribution is -2.48. The monoisotopic (exact) mass is 356 g/mol. The minimum absolute atomic E-state index is 0.515. The highest BCUT2D eigenvalue weighted by Gasteiger charge is 2.25. The molecule has 134 valence electrons. The SMILES string of the molecule is Cc1ccc2nc(C3CCN(C(=S)NC4CCCCC4)CC3)[nH]c2c1. The highest BCUT2D eigenvalue weighted by atomic mass is 32.1. The lowest BCUT2D eigenvalue weighted by atomic mass is 9.95. The first-order chi connectivity index (χ1) is 12.2. The maximum absolute atomic E-state index is 5.67. The van der Waals surface area contributed by atoms with Gasteiger partial charge in [-0.3, -0.25) is 0 Å². The molecule has 1 aromatic carbocycles. The zero-order valence-electron chi connectivity index (χ0n) is 15.1. The number of aromatic nitrogens is 2. The molecule has 5 heteroatoms. The molecule has 2 aliphatic rings. The zero-order valence-corrected chi connectivity index (χ0v) is 15.9. The van der Waals surface area contributed by atoms with Crippen LogP contribution in [0.4, 0.5) is 0 Å². The second kappa shape index (κ2) is 7.32. The van der Waals surface area contributed by atoms with Crippen molar-refractivity contribution in [2.24, 2.45) is 0 Å². The number of nitrogens with zero attached hydrogens (tertiary/aromatic N) is 2. The quantitative estimate of drug-likeness (QED) is 0.789. The number of likely N-dealkylation sites (tertiary alicyclic amines) is 1. The van der Waals surface area contributed by atoms with E-state index in [1.807, 2.05) is 0 Å². The minimum atomic E-state index is 0.515. The molecule has 4 rings (SSSR count). The van der Waals surface area contributed by atoms with E-state index in [2.05, 4.69) is 40.3 Å². The van der Waals surface area contributed by atoms with E-state index in [0.29, 0.717) is 12.0 Å². The third kappa shape index (κ3) is 3.81. The van der Waals surface area contributed by atoms with E-state index in [0.717, 1.165) is 47.9 Å².